The van der Waals surface area contributed by atoms with Crippen LogP contribution in [0.15, 0.2) is 12.1 Å². The molecule has 1 amide bonds. The van der Waals surface area contributed by atoms with Crippen molar-refractivity contribution in [2.24, 2.45) is 5.73 Å². The van der Waals surface area contributed by atoms with Crippen molar-refractivity contribution in [1.82, 2.24) is 0 Å². The number of amides is 1. The van der Waals surface area contributed by atoms with Crippen LogP contribution in [0.3, 0.4) is 0 Å². The molecule has 16 heavy (non-hydrogen) atoms. The fourth-order valence-corrected chi connectivity index (χ4v) is 2.33. The minimum absolute atomic E-state index is 0.0504. The average molecular weight is 220 g/mol. The molecule has 0 fully saturated rings. The second kappa shape index (κ2) is 3.88. The van der Waals surface area contributed by atoms with Crippen LogP contribution in [0.1, 0.15) is 22.7 Å². The lowest BCUT2D eigenvalue weighted by atomic mass is 10.0. The standard InChI is InChI=1S/C12H16N2O2/c1-7-5-8(2)11-9(6-7)10(13)12(16)14(11)3-4-15/h5-6,10,15H,3-4,13H2,1-2H3. The largest absolute Gasteiger partial charge is 0.395 e. The van der Waals surface area contributed by atoms with Crippen LogP contribution < -0.4 is 10.6 Å². The molecule has 1 aromatic carbocycles. The Balaban J connectivity index is 2.56. The molecule has 0 saturated carbocycles. The lowest BCUT2D eigenvalue weighted by Gasteiger charge is -2.18. The van der Waals surface area contributed by atoms with E-state index in [2.05, 4.69) is 0 Å². The van der Waals surface area contributed by atoms with Crippen molar-refractivity contribution >= 4 is 11.6 Å². The zero-order chi connectivity index (χ0) is 11.9. The normalized spacial score (nSPS) is 19.1. The van der Waals surface area contributed by atoms with Gasteiger partial charge < -0.3 is 15.7 Å². The fourth-order valence-electron chi connectivity index (χ4n) is 2.33. The highest BCUT2D eigenvalue weighted by molar-refractivity contribution is 6.05. The van der Waals surface area contributed by atoms with E-state index in [1.54, 1.807) is 4.90 Å². The number of nitrogens with two attached hydrogens (primary N) is 1. The van der Waals surface area contributed by atoms with Crippen molar-refractivity contribution in [3.63, 3.8) is 0 Å². The first-order valence-electron chi connectivity index (χ1n) is 5.35. The number of benzene rings is 1. The monoisotopic (exact) mass is 220 g/mol. The van der Waals surface area contributed by atoms with Gasteiger partial charge in [0.2, 0.25) is 5.91 Å². The number of hydrogen-bond acceptors (Lipinski definition) is 3. The maximum absolute atomic E-state index is 11.9. The van der Waals surface area contributed by atoms with Gasteiger partial charge in [-0.2, -0.15) is 0 Å². The summed E-state index contributed by atoms with van der Waals surface area (Å²) < 4.78 is 0. The van der Waals surface area contributed by atoms with Gasteiger partial charge in [-0.05, 0) is 19.4 Å². The molecule has 1 aliphatic heterocycles. The summed E-state index contributed by atoms with van der Waals surface area (Å²) in [5.74, 6) is -0.127. The molecule has 2 rings (SSSR count). The summed E-state index contributed by atoms with van der Waals surface area (Å²) in [4.78, 5) is 13.5. The number of β-amino-alcohol motifs (C(OH)–C–C–N with tert-alkyl or cyclic N) is 1. The molecule has 0 aliphatic carbocycles. The number of hydrogen-bond donors (Lipinski definition) is 2. The molecule has 1 aliphatic rings. The Hall–Kier alpha value is -1.39. The van der Waals surface area contributed by atoms with Crippen LogP contribution in [0.25, 0.3) is 0 Å². The van der Waals surface area contributed by atoms with E-state index in [1.165, 1.54) is 0 Å². The number of anilines is 1. The summed E-state index contributed by atoms with van der Waals surface area (Å²) in [6.45, 7) is 4.20. The zero-order valence-corrected chi connectivity index (χ0v) is 9.53. The van der Waals surface area contributed by atoms with E-state index < -0.39 is 6.04 Å². The molecular weight excluding hydrogens is 204 g/mol. The molecule has 3 N–H and O–H groups in total. The quantitative estimate of drug-likeness (QED) is 0.768. The first-order chi connectivity index (χ1) is 7.56. The first kappa shape index (κ1) is 11.1. The summed E-state index contributed by atoms with van der Waals surface area (Å²) in [7, 11) is 0. The van der Waals surface area contributed by atoms with E-state index in [1.807, 2.05) is 26.0 Å². The third-order valence-corrected chi connectivity index (χ3v) is 2.93. The van der Waals surface area contributed by atoms with Gasteiger partial charge in [0.15, 0.2) is 0 Å². The Morgan fingerprint density at radius 2 is 2.12 bits per heavy atom. The van der Waals surface area contributed by atoms with E-state index in [-0.39, 0.29) is 12.5 Å². The van der Waals surface area contributed by atoms with Crippen LogP contribution in [0.5, 0.6) is 0 Å². The summed E-state index contributed by atoms with van der Waals surface area (Å²) >= 11 is 0. The number of carbonyl (C=O) groups excluding carboxylic acids is 1. The molecule has 1 atom stereocenters. The number of nitrogens with zero attached hydrogens (tertiary/aromatic N) is 1. The fraction of sp³-hybridized carbons (Fsp3) is 0.417. The molecule has 0 bridgehead atoms. The Bertz CT molecular complexity index is 443. The van der Waals surface area contributed by atoms with Crippen LogP contribution in [-0.4, -0.2) is 24.2 Å². The van der Waals surface area contributed by atoms with Gasteiger partial charge in [-0.3, -0.25) is 4.79 Å². The molecule has 0 aromatic heterocycles. The zero-order valence-electron chi connectivity index (χ0n) is 9.53. The van der Waals surface area contributed by atoms with Crippen LogP contribution in [0.4, 0.5) is 5.69 Å². The molecule has 1 unspecified atom stereocenters. The van der Waals surface area contributed by atoms with Gasteiger partial charge in [-0.1, -0.05) is 17.7 Å². The molecule has 4 nitrogen and oxygen atoms in total. The van der Waals surface area contributed by atoms with E-state index in [0.717, 1.165) is 22.4 Å². The molecule has 0 radical (unpaired) electrons. The second-order valence-corrected chi connectivity index (χ2v) is 4.21. The predicted octanol–water partition coefficient (Wildman–Crippen LogP) is 0.642. The van der Waals surface area contributed by atoms with Gasteiger partial charge >= 0.3 is 0 Å². The van der Waals surface area contributed by atoms with Crippen molar-refractivity contribution in [2.75, 3.05) is 18.1 Å². The van der Waals surface area contributed by atoms with Gasteiger partial charge in [0, 0.05) is 12.1 Å². The molecule has 86 valence electrons. The molecular formula is C12H16N2O2. The van der Waals surface area contributed by atoms with E-state index in [0.29, 0.717) is 6.54 Å². The Labute approximate surface area is 94.7 Å². The lowest BCUT2D eigenvalue weighted by molar-refractivity contribution is -0.119. The number of carbonyl (C=O) groups is 1. The van der Waals surface area contributed by atoms with Gasteiger partial charge in [0.05, 0.1) is 12.3 Å². The first-order valence-corrected chi connectivity index (χ1v) is 5.35. The number of aliphatic hydroxyl groups excluding tert-OH is 1. The molecule has 1 heterocycles. The highest BCUT2D eigenvalue weighted by Gasteiger charge is 2.35. The second-order valence-electron chi connectivity index (χ2n) is 4.21. The molecule has 0 saturated heterocycles. The van der Waals surface area contributed by atoms with E-state index >= 15 is 0 Å². The van der Waals surface area contributed by atoms with Gasteiger partial charge in [-0.15, -0.1) is 0 Å². The summed E-state index contributed by atoms with van der Waals surface area (Å²) in [5.41, 5.74) is 9.75. The lowest BCUT2D eigenvalue weighted by Crippen LogP contribution is -2.34. The summed E-state index contributed by atoms with van der Waals surface area (Å²) in [6, 6.07) is 3.39. The molecule has 4 heteroatoms. The van der Waals surface area contributed by atoms with Gasteiger partial charge in [-0.25, -0.2) is 0 Å². The number of aliphatic hydroxyl groups is 1. The van der Waals surface area contributed by atoms with Crippen LogP contribution >= 0.6 is 0 Å². The van der Waals surface area contributed by atoms with Crippen molar-refractivity contribution < 1.29 is 9.90 Å². The SMILES string of the molecule is Cc1cc(C)c2c(c1)C(N)C(=O)N2CCO. The molecule has 1 aromatic rings. The van der Waals surface area contributed by atoms with Crippen molar-refractivity contribution in [3.05, 3.63) is 28.8 Å². The Morgan fingerprint density at radius 1 is 1.44 bits per heavy atom. The maximum Gasteiger partial charge on any atom is 0.248 e. The van der Waals surface area contributed by atoms with Gasteiger partial charge in [0.1, 0.15) is 6.04 Å². The van der Waals surface area contributed by atoms with E-state index in [4.69, 9.17) is 10.8 Å². The van der Waals surface area contributed by atoms with Crippen molar-refractivity contribution in [3.8, 4) is 0 Å². The number of fused-ring (bicyclic) bond motifs is 1. The highest BCUT2D eigenvalue weighted by Crippen LogP contribution is 2.37. The van der Waals surface area contributed by atoms with Crippen LogP contribution in [0, 0.1) is 13.8 Å². The summed E-state index contributed by atoms with van der Waals surface area (Å²) in [5, 5.41) is 8.97. The minimum Gasteiger partial charge on any atom is -0.395 e. The number of rotatable bonds is 2. The average Bonchev–Trinajstić information content (AvgIpc) is 2.44. The minimum atomic E-state index is -0.583. The number of aryl methyl sites for hydroxylation is 2. The Kier molecular flexibility index (Phi) is 2.69. The highest BCUT2D eigenvalue weighted by atomic mass is 16.3. The van der Waals surface area contributed by atoms with Crippen LogP contribution in [0.2, 0.25) is 0 Å². The van der Waals surface area contributed by atoms with Gasteiger partial charge in [0.25, 0.3) is 0 Å². The third-order valence-electron chi connectivity index (χ3n) is 2.93. The summed E-state index contributed by atoms with van der Waals surface area (Å²) in [6.07, 6.45) is 0. The van der Waals surface area contributed by atoms with Crippen molar-refractivity contribution in [2.45, 2.75) is 19.9 Å². The smallest absolute Gasteiger partial charge is 0.248 e. The predicted molar refractivity (Wildman–Crippen MR) is 62.3 cm³/mol. The third kappa shape index (κ3) is 1.50. The van der Waals surface area contributed by atoms with Crippen LogP contribution in [-0.2, 0) is 4.79 Å². The maximum atomic E-state index is 11.9. The van der Waals surface area contributed by atoms with Crippen molar-refractivity contribution in [1.29, 1.82) is 0 Å². The topological polar surface area (TPSA) is 66.6 Å². The Morgan fingerprint density at radius 3 is 2.75 bits per heavy atom. The molecule has 0 spiro atoms. The van der Waals surface area contributed by atoms with E-state index in [9.17, 15) is 4.79 Å².